The Hall–Kier alpha value is -1.69. The molecule has 6 heteroatoms. The third kappa shape index (κ3) is 3.50. The fourth-order valence-corrected chi connectivity index (χ4v) is 3.84. The number of hydrogen-bond donors (Lipinski definition) is 2. The van der Waals surface area contributed by atoms with Gasteiger partial charge in [-0.1, -0.05) is 6.92 Å². The number of amides is 1. The summed E-state index contributed by atoms with van der Waals surface area (Å²) in [5.74, 6) is 1.66. The lowest BCUT2D eigenvalue weighted by atomic mass is 9.90. The summed E-state index contributed by atoms with van der Waals surface area (Å²) in [6.07, 6.45) is 6.66. The number of nitrogens with zero attached hydrogens (tertiary/aromatic N) is 2. The van der Waals surface area contributed by atoms with Crippen LogP contribution >= 0.6 is 11.3 Å². The van der Waals surface area contributed by atoms with Gasteiger partial charge in [-0.25, -0.2) is 4.98 Å². The molecule has 0 saturated heterocycles. The van der Waals surface area contributed by atoms with Gasteiger partial charge in [-0.05, 0) is 43.2 Å². The molecule has 0 aromatic carbocycles. The van der Waals surface area contributed by atoms with Crippen molar-refractivity contribution in [3.8, 4) is 0 Å². The molecule has 0 saturated carbocycles. The van der Waals surface area contributed by atoms with Crippen LogP contribution in [0.4, 0.5) is 0 Å². The second kappa shape index (κ2) is 6.39. The van der Waals surface area contributed by atoms with Crippen molar-refractivity contribution < 1.29 is 4.79 Å². The quantitative estimate of drug-likeness (QED) is 0.833. The molecule has 1 aliphatic carbocycles. The first-order chi connectivity index (χ1) is 10.2. The average molecular weight is 304 g/mol. The Balaban J connectivity index is 1.49. The Morgan fingerprint density at radius 3 is 3.29 bits per heavy atom. The second-order valence-corrected chi connectivity index (χ2v) is 6.84. The number of fused-ring (bicyclic) bond motifs is 1. The van der Waals surface area contributed by atoms with E-state index in [0.717, 1.165) is 42.3 Å². The third-order valence-corrected chi connectivity index (χ3v) is 5.13. The monoisotopic (exact) mass is 304 g/mol. The number of rotatable bonds is 5. The number of carbonyl (C=O) groups excluding carboxylic acids is 1. The smallest absolute Gasteiger partial charge is 0.261 e. The average Bonchev–Trinajstić information content (AvgIpc) is 3.11. The van der Waals surface area contributed by atoms with Crippen molar-refractivity contribution in [2.24, 2.45) is 5.92 Å². The highest BCUT2D eigenvalue weighted by Crippen LogP contribution is 2.32. The van der Waals surface area contributed by atoms with Gasteiger partial charge in [-0.3, -0.25) is 9.89 Å². The van der Waals surface area contributed by atoms with Crippen molar-refractivity contribution >= 4 is 17.2 Å². The van der Waals surface area contributed by atoms with Gasteiger partial charge in [-0.15, -0.1) is 11.3 Å². The number of aromatic nitrogens is 3. The Morgan fingerprint density at radius 2 is 2.48 bits per heavy atom. The fraction of sp³-hybridized carbons (Fsp3) is 0.533. The fourth-order valence-electron chi connectivity index (χ4n) is 2.71. The molecule has 0 fully saturated rings. The minimum Gasteiger partial charge on any atom is -0.351 e. The summed E-state index contributed by atoms with van der Waals surface area (Å²) in [4.78, 5) is 18.5. The molecular formula is C15H20N4OS. The van der Waals surface area contributed by atoms with Gasteiger partial charge in [0, 0.05) is 17.8 Å². The summed E-state index contributed by atoms with van der Waals surface area (Å²) in [5, 5.41) is 9.62. The topological polar surface area (TPSA) is 70.7 Å². The van der Waals surface area contributed by atoms with Crippen LogP contribution in [0.5, 0.6) is 0 Å². The van der Waals surface area contributed by atoms with Crippen LogP contribution in [0.2, 0.25) is 0 Å². The molecule has 2 aromatic heterocycles. The molecule has 0 radical (unpaired) electrons. The maximum absolute atomic E-state index is 12.2. The van der Waals surface area contributed by atoms with E-state index < -0.39 is 0 Å². The zero-order chi connectivity index (χ0) is 14.7. The number of nitrogens with one attached hydrogen (secondary N) is 2. The molecule has 3 rings (SSSR count). The van der Waals surface area contributed by atoms with Gasteiger partial charge in [0.2, 0.25) is 0 Å². The molecule has 0 aliphatic heterocycles. The summed E-state index contributed by atoms with van der Waals surface area (Å²) < 4.78 is 0. The number of H-pyrrole nitrogens is 1. The summed E-state index contributed by atoms with van der Waals surface area (Å²) in [6, 6.07) is 2.08. The van der Waals surface area contributed by atoms with Gasteiger partial charge in [0.1, 0.15) is 12.2 Å². The Labute approximate surface area is 128 Å². The molecule has 1 amide bonds. The predicted octanol–water partition coefficient (Wildman–Crippen LogP) is 2.35. The highest BCUT2D eigenvalue weighted by molar-refractivity contribution is 7.14. The number of aromatic amines is 1. The first-order valence-electron chi connectivity index (χ1n) is 7.46. The highest BCUT2D eigenvalue weighted by atomic mass is 32.1. The largest absolute Gasteiger partial charge is 0.351 e. The van der Waals surface area contributed by atoms with Crippen LogP contribution in [0.1, 0.15) is 45.7 Å². The van der Waals surface area contributed by atoms with Crippen LogP contribution in [0.25, 0.3) is 0 Å². The first-order valence-corrected chi connectivity index (χ1v) is 8.28. The molecular weight excluding hydrogens is 284 g/mol. The molecule has 2 N–H and O–H groups in total. The Morgan fingerprint density at radius 1 is 1.57 bits per heavy atom. The molecule has 112 valence electrons. The van der Waals surface area contributed by atoms with Crippen LogP contribution in [-0.2, 0) is 19.3 Å². The van der Waals surface area contributed by atoms with Gasteiger partial charge in [-0.2, -0.15) is 5.10 Å². The maximum Gasteiger partial charge on any atom is 0.261 e. The molecule has 21 heavy (non-hydrogen) atoms. The molecule has 0 spiro atoms. The van der Waals surface area contributed by atoms with Gasteiger partial charge in [0.15, 0.2) is 0 Å². The van der Waals surface area contributed by atoms with Crippen molar-refractivity contribution in [2.75, 3.05) is 6.54 Å². The van der Waals surface area contributed by atoms with Crippen molar-refractivity contribution in [1.29, 1.82) is 0 Å². The minimum atomic E-state index is 0.0552. The van der Waals surface area contributed by atoms with Crippen molar-refractivity contribution in [3.05, 3.63) is 33.5 Å². The van der Waals surface area contributed by atoms with E-state index in [4.69, 9.17) is 0 Å². The van der Waals surface area contributed by atoms with Crippen LogP contribution in [-0.4, -0.2) is 27.6 Å². The molecule has 1 atom stereocenters. The van der Waals surface area contributed by atoms with Crippen LogP contribution in [0, 0.1) is 5.92 Å². The van der Waals surface area contributed by atoms with Crippen LogP contribution in [0.3, 0.4) is 0 Å². The first kappa shape index (κ1) is 14.3. The van der Waals surface area contributed by atoms with Crippen LogP contribution in [0.15, 0.2) is 12.4 Å². The lowest BCUT2D eigenvalue weighted by molar-refractivity contribution is 0.0957. The second-order valence-electron chi connectivity index (χ2n) is 5.70. The van der Waals surface area contributed by atoms with Crippen molar-refractivity contribution in [1.82, 2.24) is 20.5 Å². The SMILES string of the molecule is CC1CCc2sc(C(=O)NCCCc3ncn[nH]3)cc2C1. The summed E-state index contributed by atoms with van der Waals surface area (Å²) in [7, 11) is 0. The van der Waals surface area contributed by atoms with Gasteiger partial charge in [0.05, 0.1) is 4.88 Å². The number of hydrogen-bond acceptors (Lipinski definition) is 4. The Kier molecular flexibility index (Phi) is 4.34. The summed E-state index contributed by atoms with van der Waals surface area (Å²) >= 11 is 1.66. The zero-order valence-corrected chi connectivity index (χ0v) is 13.0. The normalized spacial score (nSPS) is 17.5. The van der Waals surface area contributed by atoms with Gasteiger partial charge in [0.25, 0.3) is 5.91 Å². The van der Waals surface area contributed by atoms with E-state index in [9.17, 15) is 4.79 Å². The molecule has 1 unspecified atom stereocenters. The number of aryl methyl sites for hydroxylation is 2. The van der Waals surface area contributed by atoms with Crippen molar-refractivity contribution in [3.63, 3.8) is 0 Å². The standard InChI is InChI=1S/C15H20N4OS/c1-10-4-5-12-11(7-10)8-13(21-12)15(20)16-6-2-3-14-17-9-18-19-14/h8-10H,2-7H2,1H3,(H,16,20)(H,17,18,19). The lowest BCUT2D eigenvalue weighted by Crippen LogP contribution is -2.24. The minimum absolute atomic E-state index is 0.0552. The summed E-state index contributed by atoms with van der Waals surface area (Å²) in [5.41, 5.74) is 1.38. The molecule has 2 heterocycles. The summed E-state index contributed by atoms with van der Waals surface area (Å²) in [6.45, 7) is 2.95. The Bertz CT molecular complexity index is 605. The van der Waals surface area contributed by atoms with E-state index in [1.807, 2.05) is 0 Å². The van der Waals surface area contributed by atoms with Crippen LogP contribution < -0.4 is 5.32 Å². The molecule has 2 aromatic rings. The zero-order valence-electron chi connectivity index (χ0n) is 12.2. The van der Waals surface area contributed by atoms with E-state index in [-0.39, 0.29) is 5.91 Å². The molecule has 5 nitrogen and oxygen atoms in total. The highest BCUT2D eigenvalue weighted by Gasteiger charge is 2.20. The lowest BCUT2D eigenvalue weighted by Gasteiger charge is -2.16. The van der Waals surface area contributed by atoms with E-state index in [2.05, 4.69) is 33.5 Å². The van der Waals surface area contributed by atoms with E-state index in [1.54, 1.807) is 11.3 Å². The molecule has 1 aliphatic rings. The van der Waals surface area contributed by atoms with Crippen molar-refractivity contribution in [2.45, 2.75) is 39.0 Å². The maximum atomic E-state index is 12.2. The molecule has 0 bridgehead atoms. The van der Waals surface area contributed by atoms with E-state index >= 15 is 0 Å². The van der Waals surface area contributed by atoms with Gasteiger partial charge < -0.3 is 5.32 Å². The number of thiophene rings is 1. The predicted molar refractivity (Wildman–Crippen MR) is 82.5 cm³/mol. The third-order valence-electron chi connectivity index (χ3n) is 3.89. The van der Waals surface area contributed by atoms with E-state index in [0.29, 0.717) is 6.54 Å². The number of carbonyl (C=O) groups is 1. The van der Waals surface area contributed by atoms with Gasteiger partial charge >= 0.3 is 0 Å². The van der Waals surface area contributed by atoms with E-state index in [1.165, 1.54) is 23.2 Å².